The molecule has 0 saturated heterocycles. The number of carbonyl (C=O) groups is 1. The van der Waals surface area contributed by atoms with Crippen LogP contribution in [-0.4, -0.2) is 17.0 Å². The smallest absolute Gasteiger partial charge is 0.160 e. The van der Waals surface area contributed by atoms with Gasteiger partial charge in [-0.15, -0.1) is 0 Å². The van der Waals surface area contributed by atoms with E-state index in [1.807, 2.05) is 0 Å². The molecule has 0 spiro atoms. The first-order chi connectivity index (χ1) is 10.7. The van der Waals surface area contributed by atoms with Crippen LogP contribution in [0.4, 0.5) is 0 Å². The second-order valence-corrected chi connectivity index (χ2v) is 6.12. The van der Waals surface area contributed by atoms with Gasteiger partial charge in [-0.3, -0.25) is 4.79 Å². The highest BCUT2D eigenvalue weighted by Crippen LogP contribution is 2.09. The Bertz CT molecular complexity index is 303. The van der Waals surface area contributed by atoms with E-state index in [0.717, 1.165) is 25.7 Å². The minimum Gasteiger partial charge on any atom is -0.386 e. The van der Waals surface area contributed by atoms with Crippen molar-refractivity contribution >= 4 is 5.78 Å². The van der Waals surface area contributed by atoms with Crippen molar-refractivity contribution < 1.29 is 9.90 Å². The molecule has 0 aliphatic heterocycles. The van der Waals surface area contributed by atoms with E-state index in [0.29, 0.717) is 6.42 Å². The van der Waals surface area contributed by atoms with Crippen molar-refractivity contribution in [2.45, 2.75) is 97.0 Å². The van der Waals surface area contributed by atoms with Gasteiger partial charge in [0.1, 0.15) is 6.10 Å². The van der Waals surface area contributed by atoms with Gasteiger partial charge in [0, 0.05) is 6.42 Å². The lowest BCUT2D eigenvalue weighted by molar-refractivity contribution is -0.126. The van der Waals surface area contributed by atoms with Crippen LogP contribution in [-0.2, 0) is 4.79 Å². The number of hydrogen-bond acceptors (Lipinski definition) is 2. The van der Waals surface area contributed by atoms with Crippen LogP contribution in [0.15, 0.2) is 24.3 Å². The van der Waals surface area contributed by atoms with Gasteiger partial charge in [-0.25, -0.2) is 0 Å². The van der Waals surface area contributed by atoms with E-state index in [1.54, 1.807) is 6.92 Å². The summed E-state index contributed by atoms with van der Waals surface area (Å²) < 4.78 is 0. The molecule has 128 valence electrons. The van der Waals surface area contributed by atoms with Crippen molar-refractivity contribution in [3.63, 3.8) is 0 Å². The molecule has 0 bridgehead atoms. The number of unbranched alkanes of at least 4 members (excludes halogenated alkanes) is 8. The highest BCUT2D eigenvalue weighted by molar-refractivity contribution is 5.82. The Hall–Kier alpha value is -0.890. The molecule has 0 aliphatic rings. The molecule has 0 radical (unpaired) electrons. The Morgan fingerprint density at radius 1 is 0.864 bits per heavy atom. The molecule has 1 N–H and O–H groups in total. The lowest BCUT2D eigenvalue weighted by Crippen LogP contribution is -2.15. The van der Waals surface area contributed by atoms with Gasteiger partial charge < -0.3 is 5.11 Å². The quantitative estimate of drug-likeness (QED) is 0.309. The van der Waals surface area contributed by atoms with Crippen molar-refractivity contribution in [2.75, 3.05) is 0 Å². The van der Waals surface area contributed by atoms with Gasteiger partial charge in [0.15, 0.2) is 5.78 Å². The monoisotopic (exact) mass is 308 g/mol. The zero-order valence-electron chi connectivity index (χ0n) is 14.7. The lowest BCUT2D eigenvalue weighted by atomic mass is 10.1. The first-order valence-electron chi connectivity index (χ1n) is 9.19. The molecular weight excluding hydrogens is 272 g/mol. The number of ketones is 1. The molecule has 2 nitrogen and oxygen atoms in total. The summed E-state index contributed by atoms with van der Waals surface area (Å²) in [6, 6.07) is 0. The summed E-state index contributed by atoms with van der Waals surface area (Å²) >= 11 is 0. The molecular formula is C20H36O2. The fourth-order valence-electron chi connectivity index (χ4n) is 2.32. The maximum Gasteiger partial charge on any atom is 0.160 e. The van der Waals surface area contributed by atoms with Gasteiger partial charge in [-0.1, -0.05) is 63.3 Å². The largest absolute Gasteiger partial charge is 0.386 e. The van der Waals surface area contributed by atoms with E-state index in [2.05, 4.69) is 31.2 Å². The Morgan fingerprint density at radius 3 is 2.00 bits per heavy atom. The number of aliphatic hydroxyl groups excluding tert-OH is 1. The summed E-state index contributed by atoms with van der Waals surface area (Å²) in [5.74, 6) is -0.0225. The zero-order chi connectivity index (χ0) is 16.5. The van der Waals surface area contributed by atoms with Crippen molar-refractivity contribution in [1.82, 2.24) is 0 Å². The third-order valence-corrected chi connectivity index (χ3v) is 3.84. The van der Waals surface area contributed by atoms with Crippen LogP contribution in [0, 0.1) is 0 Å². The van der Waals surface area contributed by atoms with Crippen molar-refractivity contribution in [3.05, 3.63) is 24.3 Å². The molecule has 0 aromatic carbocycles. The summed E-state index contributed by atoms with van der Waals surface area (Å²) in [5, 5.41) is 9.07. The number of allylic oxidation sites excluding steroid dienone is 4. The van der Waals surface area contributed by atoms with Crippen molar-refractivity contribution in [3.8, 4) is 0 Å². The van der Waals surface area contributed by atoms with Crippen LogP contribution in [0.5, 0.6) is 0 Å². The minimum atomic E-state index is -0.786. The first-order valence-corrected chi connectivity index (χ1v) is 9.19. The van der Waals surface area contributed by atoms with Gasteiger partial charge in [-0.05, 0) is 45.4 Å². The summed E-state index contributed by atoms with van der Waals surface area (Å²) in [6.07, 6.45) is 21.9. The molecule has 0 aliphatic carbocycles. The van der Waals surface area contributed by atoms with Gasteiger partial charge in [0.05, 0.1) is 0 Å². The highest BCUT2D eigenvalue weighted by Gasteiger charge is 2.07. The average molecular weight is 309 g/mol. The van der Waals surface area contributed by atoms with Crippen LogP contribution in [0.2, 0.25) is 0 Å². The third-order valence-electron chi connectivity index (χ3n) is 3.84. The number of rotatable bonds is 15. The average Bonchev–Trinajstić information content (AvgIpc) is 2.50. The number of aliphatic hydroxyl groups is 1. The maximum atomic E-state index is 11.2. The zero-order valence-corrected chi connectivity index (χ0v) is 14.7. The maximum absolute atomic E-state index is 11.2. The van der Waals surface area contributed by atoms with Gasteiger partial charge in [-0.2, -0.15) is 0 Å². The number of Topliss-reactive ketones (excluding diaryl/α,β-unsaturated/α-hetero) is 1. The molecule has 0 amide bonds. The summed E-state index contributed by atoms with van der Waals surface area (Å²) in [7, 11) is 0. The van der Waals surface area contributed by atoms with Crippen molar-refractivity contribution in [2.24, 2.45) is 0 Å². The van der Waals surface area contributed by atoms with Gasteiger partial charge >= 0.3 is 0 Å². The second-order valence-electron chi connectivity index (χ2n) is 6.12. The first kappa shape index (κ1) is 21.1. The van der Waals surface area contributed by atoms with Crippen molar-refractivity contribution in [1.29, 1.82) is 0 Å². The van der Waals surface area contributed by atoms with Crippen LogP contribution in [0.25, 0.3) is 0 Å². The predicted molar refractivity (Wildman–Crippen MR) is 96.0 cm³/mol. The van der Waals surface area contributed by atoms with Crippen LogP contribution >= 0.6 is 0 Å². The van der Waals surface area contributed by atoms with Gasteiger partial charge in [0.2, 0.25) is 0 Å². The fraction of sp³-hybridized carbons (Fsp3) is 0.750. The van der Waals surface area contributed by atoms with E-state index in [9.17, 15) is 4.79 Å². The van der Waals surface area contributed by atoms with E-state index in [1.165, 1.54) is 44.9 Å². The molecule has 0 aromatic rings. The Labute approximate surface area is 137 Å². The van der Waals surface area contributed by atoms with Crippen LogP contribution in [0.1, 0.15) is 90.9 Å². The number of hydrogen-bond donors (Lipinski definition) is 1. The molecule has 22 heavy (non-hydrogen) atoms. The van der Waals surface area contributed by atoms with Crippen LogP contribution < -0.4 is 0 Å². The topological polar surface area (TPSA) is 37.3 Å². The second kappa shape index (κ2) is 16.5. The summed E-state index contributed by atoms with van der Waals surface area (Å²) in [5.41, 5.74) is 0. The molecule has 0 fully saturated rings. The van der Waals surface area contributed by atoms with Crippen LogP contribution in [0.3, 0.4) is 0 Å². The predicted octanol–water partition coefficient (Wildman–Crippen LogP) is 5.75. The molecule has 1 atom stereocenters. The van der Waals surface area contributed by atoms with Gasteiger partial charge in [0.25, 0.3) is 0 Å². The minimum absolute atomic E-state index is 0.0225. The normalized spacial score (nSPS) is 13.2. The Balaban J connectivity index is 3.25. The lowest BCUT2D eigenvalue weighted by Gasteiger charge is -2.03. The third kappa shape index (κ3) is 15.5. The Kier molecular flexibility index (Phi) is 15.8. The Morgan fingerprint density at radius 2 is 1.41 bits per heavy atom. The molecule has 2 heteroatoms. The molecule has 0 aromatic heterocycles. The number of carbonyl (C=O) groups excluding carboxylic acids is 1. The SMILES string of the molecule is CCCCCC=CCC=CCCCCCCCC(=O)C(C)O. The standard InChI is InChI=1S/C20H36O2/c1-3-4-5-6-7-8-9-10-11-12-13-14-15-16-17-18-20(22)19(2)21/h7-8,10-11,19,21H,3-6,9,12-18H2,1-2H3. The fourth-order valence-corrected chi connectivity index (χ4v) is 2.32. The van der Waals surface area contributed by atoms with E-state index in [-0.39, 0.29) is 5.78 Å². The molecule has 1 unspecified atom stereocenters. The summed E-state index contributed by atoms with van der Waals surface area (Å²) in [4.78, 5) is 11.2. The van der Waals surface area contributed by atoms with E-state index >= 15 is 0 Å². The van der Waals surface area contributed by atoms with E-state index < -0.39 is 6.10 Å². The highest BCUT2D eigenvalue weighted by atomic mass is 16.3. The summed E-state index contributed by atoms with van der Waals surface area (Å²) in [6.45, 7) is 3.79. The molecule has 0 rings (SSSR count). The molecule has 0 heterocycles. The molecule has 0 saturated carbocycles. The van der Waals surface area contributed by atoms with E-state index in [4.69, 9.17) is 5.11 Å².